The summed E-state index contributed by atoms with van der Waals surface area (Å²) in [5, 5.41) is 3.44. The largest absolute Gasteiger partial charge is 0.374 e. The molecule has 1 fully saturated rings. The van der Waals surface area contributed by atoms with Crippen LogP contribution in [0.4, 0.5) is 5.69 Å². The van der Waals surface area contributed by atoms with Crippen molar-refractivity contribution in [2.45, 2.75) is 38.5 Å². The molecular weight excluding hydrogens is 276 g/mol. The normalized spacial score (nSPS) is 21.9. The van der Waals surface area contributed by atoms with E-state index in [4.69, 9.17) is 4.74 Å². The molecule has 1 aliphatic rings. The highest BCUT2D eigenvalue weighted by Crippen LogP contribution is 2.24. The van der Waals surface area contributed by atoms with Gasteiger partial charge in [0.05, 0.1) is 18.5 Å². The van der Waals surface area contributed by atoms with Gasteiger partial charge in [-0.05, 0) is 38.0 Å². The molecule has 0 bridgehead atoms. The van der Waals surface area contributed by atoms with Gasteiger partial charge in [-0.15, -0.1) is 0 Å². The third-order valence-electron chi connectivity index (χ3n) is 3.24. The molecule has 0 aliphatic carbocycles. The molecule has 5 nitrogen and oxygen atoms in total. The summed E-state index contributed by atoms with van der Waals surface area (Å²) in [6.07, 6.45) is 2.13. The van der Waals surface area contributed by atoms with Crippen molar-refractivity contribution in [2.24, 2.45) is 0 Å². The van der Waals surface area contributed by atoms with Gasteiger partial charge in [-0.2, -0.15) is 0 Å². The fraction of sp³-hybridized carbons (Fsp3) is 0.571. The quantitative estimate of drug-likeness (QED) is 0.868. The zero-order valence-corrected chi connectivity index (χ0v) is 13.0. The SMILES string of the molecule is CC1(C)CC(NCc2cccc(NS(C)(=O)=O)c2)CO1. The summed E-state index contributed by atoms with van der Waals surface area (Å²) in [5.74, 6) is 0. The molecule has 20 heavy (non-hydrogen) atoms. The molecule has 1 saturated heterocycles. The number of anilines is 1. The van der Waals surface area contributed by atoms with Crippen LogP contribution < -0.4 is 10.0 Å². The van der Waals surface area contributed by atoms with E-state index in [1.165, 1.54) is 0 Å². The second kappa shape index (κ2) is 5.71. The van der Waals surface area contributed by atoms with Crippen LogP contribution in [-0.2, 0) is 21.3 Å². The van der Waals surface area contributed by atoms with Gasteiger partial charge in [-0.3, -0.25) is 4.72 Å². The van der Waals surface area contributed by atoms with Crippen LogP contribution in [0, 0.1) is 0 Å². The van der Waals surface area contributed by atoms with Gasteiger partial charge in [0, 0.05) is 18.3 Å². The van der Waals surface area contributed by atoms with Gasteiger partial charge >= 0.3 is 0 Å². The van der Waals surface area contributed by atoms with Crippen LogP contribution in [0.1, 0.15) is 25.8 Å². The lowest BCUT2D eigenvalue weighted by molar-refractivity contribution is 0.0357. The van der Waals surface area contributed by atoms with E-state index in [-0.39, 0.29) is 5.60 Å². The highest BCUT2D eigenvalue weighted by Gasteiger charge is 2.31. The molecule has 1 heterocycles. The Morgan fingerprint density at radius 3 is 2.75 bits per heavy atom. The minimum Gasteiger partial charge on any atom is -0.374 e. The molecular formula is C14H22N2O3S. The zero-order valence-electron chi connectivity index (χ0n) is 12.1. The lowest BCUT2D eigenvalue weighted by atomic mass is 10.0. The summed E-state index contributed by atoms with van der Waals surface area (Å²) in [5.41, 5.74) is 1.58. The van der Waals surface area contributed by atoms with Crippen LogP contribution in [0.15, 0.2) is 24.3 Å². The molecule has 1 atom stereocenters. The van der Waals surface area contributed by atoms with E-state index >= 15 is 0 Å². The van der Waals surface area contributed by atoms with Gasteiger partial charge in [0.1, 0.15) is 0 Å². The van der Waals surface area contributed by atoms with Crippen molar-refractivity contribution >= 4 is 15.7 Å². The van der Waals surface area contributed by atoms with E-state index in [1.807, 2.05) is 18.2 Å². The predicted molar refractivity (Wildman–Crippen MR) is 80.2 cm³/mol. The predicted octanol–water partition coefficient (Wildman–Crippen LogP) is 1.72. The third-order valence-corrected chi connectivity index (χ3v) is 3.84. The first-order valence-electron chi connectivity index (χ1n) is 6.68. The molecule has 0 saturated carbocycles. The number of rotatable bonds is 5. The number of ether oxygens (including phenoxy) is 1. The summed E-state index contributed by atoms with van der Waals surface area (Å²) in [6, 6.07) is 7.75. The summed E-state index contributed by atoms with van der Waals surface area (Å²) in [6.45, 7) is 5.59. The Balaban J connectivity index is 1.92. The second-order valence-corrected chi connectivity index (χ2v) is 7.68. The first-order chi connectivity index (χ1) is 9.23. The molecule has 2 N–H and O–H groups in total. The van der Waals surface area contributed by atoms with Crippen molar-refractivity contribution in [2.75, 3.05) is 17.6 Å². The van der Waals surface area contributed by atoms with Crippen molar-refractivity contribution in [1.82, 2.24) is 5.32 Å². The van der Waals surface area contributed by atoms with Crippen LogP contribution in [0.5, 0.6) is 0 Å². The minimum atomic E-state index is -3.23. The number of nitrogens with one attached hydrogen (secondary N) is 2. The molecule has 1 aliphatic heterocycles. The minimum absolute atomic E-state index is 0.0582. The highest BCUT2D eigenvalue weighted by molar-refractivity contribution is 7.92. The second-order valence-electron chi connectivity index (χ2n) is 5.93. The van der Waals surface area contributed by atoms with E-state index in [1.54, 1.807) is 6.07 Å². The molecule has 0 aromatic heterocycles. The van der Waals surface area contributed by atoms with Crippen molar-refractivity contribution in [3.63, 3.8) is 0 Å². The van der Waals surface area contributed by atoms with Gasteiger partial charge in [0.25, 0.3) is 0 Å². The van der Waals surface area contributed by atoms with Crippen molar-refractivity contribution in [1.29, 1.82) is 0 Å². The average Bonchev–Trinajstić information content (AvgIpc) is 2.65. The standard InChI is InChI=1S/C14H22N2O3S/c1-14(2)8-13(10-19-14)15-9-11-5-4-6-12(7-11)16-20(3,17)18/h4-7,13,15-16H,8-10H2,1-3H3. The molecule has 112 valence electrons. The Bertz CT molecular complexity index is 570. The number of hydrogen-bond acceptors (Lipinski definition) is 4. The topological polar surface area (TPSA) is 67.4 Å². The van der Waals surface area contributed by atoms with Gasteiger partial charge in [-0.25, -0.2) is 8.42 Å². The number of benzene rings is 1. The number of sulfonamides is 1. The molecule has 1 aromatic carbocycles. The zero-order chi connectivity index (χ0) is 14.8. The first-order valence-corrected chi connectivity index (χ1v) is 8.57. The van der Waals surface area contributed by atoms with E-state index in [0.717, 1.165) is 18.2 Å². The summed E-state index contributed by atoms with van der Waals surface area (Å²) in [7, 11) is -3.23. The average molecular weight is 298 g/mol. The monoisotopic (exact) mass is 298 g/mol. The number of hydrogen-bond donors (Lipinski definition) is 2. The fourth-order valence-corrected chi connectivity index (χ4v) is 2.94. The molecule has 0 amide bonds. The first kappa shape index (κ1) is 15.3. The van der Waals surface area contributed by atoms with Gasteiger partial charge in [0.2, 0.25) is 10.0 Å². The Hall–Kier alpha value is -1.11. The van der Waals surface area contributed by atoms with Gasteiger partial charge in [-0.1, -0.05) is 12.1 Å². The lowest BCUT2D eigenvalue weighted by Gasteiger charge is -2.16. The lowest BCUT2D eigenvalue weighted by Crippen LogP contribution is -2.30. The molecule has 1 aromatic rings. The Labute approximate surface area is 120 Å². The van der Waals surface area contributed by atoms with Crippen LogP contribution in [-0.4, -0.2) is 32.9 Å². The molecule has 6 heteroatoms. The van der Waals surface area contributed by atoms with Crippen molar-refractivity contribution < 1.29 is 13.2 Å². The molecule has 0 radical (unpaired) electrons. The van der Waals surface area contributed by atoms with Crippen LogP contribution >= 0.6 is 0 Å². The molecule has 1 unspecified atom stereocenters. The maximum absolute atomic E-state index is 11.2. The van der Waals surface area contributed by atoms with Gasteiger partial charge < -0.3 is 10.1 Å². The smallest absolute Gasteiger partial charge is 0.229 e. The summed E-state index contributed by atoms with van der Waals surface area (Å²) in [4.78, 5) is 0. The molecule has 0 spiro atoms. The van der Waals surface area contributed by atoms with Crippen molar-refractivity contribution in [3.8, 4) is 0 Å². The van der Waals surface area contributed by atoms with E-state index in [0.29, 0.717) is 24.9 Å². The summed E-state index contributed by atoms with van der Waals surface area (Å²) < 4.78 is 30.6. The molecule has 2 rings (SSSR count). The van der Waals surface area contributed by atoms with E-state index in [2.05, 4.69) is 23.9 Å². The van der Waals surface area contributed by atoms with E-state index in [9.17, 15) is 8.42 Å². The van der Waals surface area contributed by atoms with Crippen molar-refractivity contribution in [3.05, 3.63) is 29.8 Å². The summed E-state index contributed by atoms with van der Waals surface area (Å²) >= 11 is 0. The Morgan fingerprint density at radius 2 is 2.15 bits per heavy atom. The third kappa shape index (κ3) is 4.77. The fourth-order valence-electron chi connectivity index (χ4n) is 2.39. The maximum Gasteiger partial charge on any atom is 0.229 e. The Kier molecular flexibility index (Phi) is 4.36. The Morgan fingerprint density at radius 1 is 1.40 bits per heavy atom. The van der Waals surface area contributed by atoms with Crippen LogP contribution in [0.25, 0.3) is 0 Å². The van der Waals surface area contributed by atoms with E-state index < -0.39 is 10.0 Å². The van der Waals surface area contributed by atoms with Crippen LogP contribution in [0.3, 0.4) is 0 Å². The van der Waals surface area contributed by atoms with Gasteiger partial charge in [0.15, 0.2) is 0 Å². The highest BCUT2D eigenvalue weighted by atomic mass is 32.2. The maximum atomic E-state index is 11.2. The van der Waals surface area contributed by atoms with Crippen LogP contribution in [0.2, 0.25) is 0 Å².